The van der Waals surface area contributed by atoms with Crippen LogP contribution in [0.1, 0.15) is 50.2 Å². The van der Waals surface area contributed by atoms with E-state index >= 15 is 0 Å². The third-order valence-corrected chi connectivity index (χ3v) is 6.27. The molecule has 2 nitrogen and oxygen atoms in total. The fourth-order valence-corrected chi connectivity index (χ4v) is 4.59. The lowest BCUT2D eigenvalue weighted by molar-refractivity contribution is 0.124. The van der Waals surface area contributed by atoms with E-state index in [1.54, 1.807) is 6.08 Å². The molecule has 0 spiro atoms. The number of allylic oxidation sites excluding steroid dienone is 3. The van der Waals surface area contributed by atoms with Crippen molar-refractivity contribution < 1.29 is 14.6 Å². The van der Waals surface area contributed by atoms with Crippen molar-refractivity contribution >= 4 is 0 Å². The number of alkyl halides is 1. The summed E-state index contributed by atoms with van der Waals surface area (Å²) in [4.78, 5) is 0. The van der Waals surface area contributed by atoms with Crippen LogP contribution < -0.4 is 0 Å². The van der Waals surface area contributed by atoms with Crippen LogP contribution in [0.25, 0.3) is 0 Å². The fraction of sp³-hybridized carbons (Fsp3) is 0.583. The van der Waals surface area contributed by atoms with Gasteiger partial charge < -0.3 is 10.2 Å². The molecule has 1 aromatic carbocycles. The van der Waals surface area contributed by atoms with Crippen LogP contribution in [-0.2, 0) is 12.8 Å². The highest BCUT2D eigenvalue weighted by atomic mass is 19.1. The van der Waals surface area contributed by atoms with Gasteiger partial charge in [0.05, 0.1) is 12.2 Å². The minimum Gasteiger partial charge on any atom is -0.393 e. The van der Waals surface area contributed by atoms with Gasteiger partial charge in [-0.2, -0.15) is 0 Å². The van der Waals surface area contributed by atoms with E-state index in [1.807, 2.05) is 18.2 Å². The van der Waals surface area contributed by atoms with Gasteiger partial charge in [-0.1, -0.05) is 68.3 Å². The highest BCUT2D eigenvalue weighted by molar-refractivity contribution is 5.33. The molecular weight excluding hydrogens is 339 g/mol. The lowest BCUT2D eigenvalue weighted by Gasteiger charge is -2.20. The second-order valence-corrected chi connectivity index (χ2v) is 8.22. The van der Waals surface area contributed by atoms with E-state index < -0.39 is 18.4 Å². The molecule has 0 bridgehead atoms. The van der Waals surface area contributed by atoms with Gasteiger partial charge in [-0.05, 0) is 48.6 Å². The van der Waals surface area contributed by atoms with Crippen molar-refractivity contribution in [2.45, 2.75) is 70.2 Å². The molecule has 0 heterocycles. The topological polar surface area (TPSA) is 40.5 Å². The van der Waals surface area contributed by atoms with Crippen molar-refractivity contribution in [1.82, 2.24) is 0 Å². The number of fused-ring (bicyclic) bond motifs is 1. The predicted molar refractivity (Wildman–Crippen MR) is 108 cm³/mol. The summed E-state index contributed by atoms with van der Waals surface area (Å²) in [5, 5.41) is 20.9. The molecule has 148 valence electrons. The van der Waals surface area contributed by atoms with Gasteiger partial charge >= 0.3 is 0 Å². The maximum atomic E-state index is 14.4. The number of hydrogen-bond donors (Lipinski definition) is 2. The van der Waals surface area contributed by atoms with E-state index in [4.69, 9.17) is 0 Å². The number of rotatable bonds is 8. The Bertz CT molecular complexity index is 629. The van der Waals surface area contributed by atoms with E-state index in [0.717, 1.165) is 32.1 Å². The number of unbranched alkanes of at least 4 members (excludes halogenated alkanes) is 2. The first kappa shape index (κ1) is 20.3. The van der Waals surface area contributed by atoms with Gasteiger partial charge in [-0.15, -0.1) is 0 Å². The van der Waals surface area contributed by atoms with Gasteiger partial charge in [0.15, 0.2) is 0 Å². The molecule has 1 aromatic rings. The SMILES string of the molecule is CCCC/C=C\C[C@@H]1[C@@H](/C=C/[C@@H](O)C2Cc3ccccc3C2)[C@@H](F)C[C@@H]1O. The zero-order valence-electron chi connectivity index (χ0n) is 16.3. The molecule has 0 radical (unpaired) electrons. The molecule has 2 N–H and O–H groups in total. The van der Waals surface area contributed by atoms with Gasteiger partial charge in [0.2, 0.25) is 0 Å². The Morgan fingerprint density at radius 1 is 1.19 bits per heavy atom. The first-order chi connectivity index (χ1) is 13.1. The Labute approximate surface area is 162 Å². The Hall–Kier alpha value is -1.45. The number of aliphatic hydroxyl groups is 2. The van der Waals surface area contributed by atoms with E-state index in [2.05, 4.69) is 31.2 Å². The molecule has 0 unspecified atom stereocenters. The molecule has 27 heavy (non-hydrogen) atoms. The lowest BCUT2D eigenvalue weighted by Crippen LogP contribution is -2.21. The van der Waals surface area contributed by atoms with Crippen LogP contribution in [0.2, 0.25) is 0 Å². The summed E-state index contributed by atoms with van der Waals surface area (Å²) in [7, 11) is 0. The van der Waals surface area contributed by atoms with Gasteiger partial charge in [0, 0.05) is 12.3 Å². The third kappa shape index (κ3) is 5.08. The molecule has 0 aromatic heterocycles. The standard InChI is InChI=1S/C24H33FO2/c1-2-3-4-5-6-11-21-20(22(25)16-24(21)27)12-13-23(26)19-14-17-9-7-8-10-18(17)15-19/h5-10,12-13,19-24,26-27H,2-4,11,14-16H2,1H3/b6-5-,13-12+/t20-,21-,22+,23-,24+/m1/s1. The summed E-state index contributed by atoms with van der Waals surface area (Å²) in [6, 6.07) is 8.32. The molecule has 2 aliphatic carbocycles. The summed E-state index contributed by atoms with van der Waals surface area (Å²) in [5.41, 5.74) is 2.62. The zero-order chi connectivity index (χ0) is 19.2. The van der Waals surface area contributed by atoms with Crippen molar-refractivity contribution in [2.24, 2.45) is 17.8 Å². The predicted octanol–water partition coefficient (Wildman–Crippen LogP) is 4.79. The summed E-state index contributed by atoms with van der Waals surface area (Å²) < 4.78 is 14.4. The smallest absolute Gasteiger partial charge is 0.109 e. The molecule has 3 heteroatoms. The van der Waals surface area contributed by atoms with Crippen LogP contribution in [-0.4, -0.2) is 28.6 Å². The van der Waals surface area contributed by atoms with Crippen LogP contribution in [0.3, 0.4) is 0 Å². The molecule has 1 saturated carbocycles. The van der Waals surface area contributed by atoms with Crippen molar-refractivity contribution in [3.05, 3.63) is 59.7 Å². The molecule has 0 saturated heterocycles. The zero-order valence-corrected chi connectivity index (χ0v) is 16.3. The second-order valence-electron chi connectivity index (χ2n) is 8.22. The van der Waals surface area contributed by atoms with Crippen LogP contribution in [0.4, 0.5) is 4.39 Å². The van der Waals surface area contributed by atoms with Crippen LogP contribution >= 0.6 is 0 Å². The molecule has 1 fully saturated rings. The Kier molecular flexibility index (Phi) is 7.26. The molecule has 3 rings (SSSR count). The van der Waals surface area contributed by atoms with Crippen LogP contribution in [0.15, 0.2) is 48.6 Å². The molecule has 2 aliphatic rings. The Balaban J connectivity index is 1.57. The maximum absolute atomic E-state index is 14.4. The summed E-state index contributed by atoms with van der Waals surface area (Å²) in [6.45, 7) is 2.16. The fourth-order valence-electron chi connectivity index (χ4n) is 4.59. The molecular formula is C24H33FO2. The number of benzene rings is 1. The van der Waals surface area contributed by atoms with Gasteiger partial charge in [-0.25, -0.2) is 4.39 Å². The van der Waals surface area contributed by atoms with Crippen LogP contribution in [0.5, 0.6) is 0 Å². The molecule has 0 aliphatic heterocycles. The first-order valence-electron chi connectivity index (χ1n) is 10.5. The average Bonchev–Trinajstić information content (AvgIpc) is 3.20. The van der Waals surface area contributed by atoms with Crippen molar-refractivity contribution in [3.8, 4) is 0 Å². The second kappa shape index (κ2) is 9.66. The van der Waals surface area contributed by atoms with E-state index in [0.29, 0.717) is 6.42 Å². The third-order valence-electron chi connectivity index (χ3n) is 6.27. The monoisotopic (exact) mass is 372 g/mol. The Morgan fingerprint density at radius 2 is 1.89 bits per heavy atom. The number of aliphatic hydroxyl groups excluding tert-OH is 2. The summed E-state index contributed by atoms with van der Waals surface area (Å²) in [6.07, 6.45) is 11.7. The van der Waals surface area contributed by atoms with Crippen molar-refractivity contribution in [2.75, 3.05) is 0 Å². The minimum absolute atomic E-state index is 0.0953. The largest absolute Gasteiger partial charge is 0.393 e. The van der Waals surface area contributed by atoms with Crippen molar-refractivity contribution in [1.29, 1.82) is 0 Å². The molecule has 5 atom stereocenters. The first-order valence-corrected chi connectivity index (χ1v) is 10.5. The number of halogens is 1. The normalized spacial score (nSPS) is 29.8. The highest BCUT2D eigenvalue weighted by Crippen LogP contribution is 2.38. The van der Waals surface area contributed by atoms with E-state index in [1.165, 1.54) is 11.1 Å². The van der Waals surface area contributed by atoms with Gasteiger partial charge in [-0.3, -0.25) is 0 Å². The summed E-state index contributed by atoms with van der Waals surface area (Å²) >= 11 is 0. The number of hydrogen-bond acceptors (Lipinski definition) is 2. The average molecular weight is 373 g/mol. The van der Waals surface area contributed by atoms with Crippen molar-refractivity contribution in [3.63, 3.8) is 0 Å². The summed E-state index contributed by atoms with van der Waals surface area (Å²) in [5.74, 6) is -0.244. The van der Waals surface area contributed by atoms with E-state index in [-0.39, 0.29) is 24.2 Å². The maximum Gasteiger partial charge on any atom is 0.109 e. The van der Waals surface area contributed by atoms with Gasteiger partial charge in [0.25, 0.3) is 0 Å². The minimum atomic E-state index is -1.03. The van der Waals surface area contributed by atoms with Crippen LogP contribution in [0, 0.1) is 17.8 Å². The van der Waals surface area contributed by atoms with Gasteiger partial charge in [0.1, 0.15) is 6.17 Å². The highest BCUT2D eigenvalue weighted by Gasteiger charge is 2.40. The quantitative estimate of drug-likeness (QED) is 0.509. The Morgan fingerprint density at radius 3 is 2.56 bits per heavy atom. The van der Waals surface area contributed by atoms with E-state index in [9.17, 15) is 14.6 Å². The lowest BCUT2D eigenvalue weighted by atomic mass is 9.89. The molecule has 0 amide bonds.